The highest BCUT2D eigenvalue weighted by molar-refractivity contribution is 5.91. The summed E-state index contributed by atoms with van der Waals surface area (Å²) < 4.78 is 5.13. The molecule has 0 saturated heterocycles. The molecule has 0 bridgehead atoms. The van der Waals surface area contributed by atoms with Crippen molar-refractivity contribution < 1.29 is 9.53 Å². The molecule has 0 unspecified atom stereocenters. The number of hydrogen-bond acceptors (Lipinski definition) is 4. The Morgan fingerprint density at radius 1 is 1.45 bits per heavy atom. The Kier molecular flexibility index (Phi) is 4.42. The Balaban J connectivity index is 2.12. The Bertz CT molecular complexity index is 474. The maximum atomic E-state index is 12.5. The van der Waals surface area contributed by atoms with Crippen LogP contribution in [0.4, 0.5) is 10.5 Å². The maximum Gasteiger partial charge on any atom is 0.322 e. The van der Waals surface area contributed by atoms with Crippen LogP contribution in [0.15, 0.2) is 12.5 Å². The Hall–Kier alpha value is -1.85. The van der Waals surface area contributed by atoms with E-state index in [0.717, 1.165) is 12.8 Å². The standard InChI is InChI=1S/C14H22N4O2/c1-9(2)10(3)18(11-5-6-11)14(19)17-12-7-15-8-16-13(12)20-4/h7-11H,5-6H2,1-4H3,(H,17,19)/t10-/m1/s1. The molecule has 1 aromatic rings. The van der Waals surface area contributed by atoms with Crippen LogP contribution in [0.1, 0.15) is 33.6 Å². The number of anilines is 1. The van der Waals surface area contributed by atoms with Crippen LogP contribution in [0, 0.1) is 5.92 Å². The summed E-state index contributed by atoms with van der Waals surface area (Å²) in [5.41, 5.74) is 0.501. The lowest BCUT2D eigenvalue weighted by molar-refractivity contribution is 0.169. The quantitative estimate of drug-likeness (QED) is 0.898. The van der Waals surface area contributed by atoms with E-state index in [0.29, 0.717) is 23.5 Å². The molecule has 1 aliphatic carbocycles. The monoisotopic (exact) mass is 278 g/mol. The van der Waals surface area contributed by atoms with E-state index in [2.05, 4.69) is 36.1 Å². The van der Waals surface area contributed by atoms with Gasteiger partial charge >= 0.3 is 6.03 Å². The average molecular weight is 278 g/mol. The molecular formula is C14H22N4O2. The number of carbonyl (C=O) groups excluding carboxylic acids is 1. The van der Waals surface area contributed by atoms with Crippen molar-refractivity contribution in [2.45, 2.75) is 45.7 Å². The normalized spacial score (nSPS) is 15.8. The fourth-order valence-corrected chi connectivity index (χ4v) is 2.10. The van der Waals surface area contributed by atoms with E-state index in [4.69, 9.17) is 4.74 Å². The number of urea groups is 1. The lowest BCUT2D eigenvalue weighted by Gasteiger charge is -2.32. The molecule has 0 radical (unpaired) electrons. The Morgan fingerprint density at radius 3 is 2.70 bits per heavy atom. The van der Waals surface area contributed by atoms with E-state index in [1.54, 1.807) is 6.20 Å². The lowest BCUT2D eigenvalue weighted by atomic mass is 10.0. The number of ether oxygens (including phenoxy) is 1. The lowest BCUT2D eigenvalue weighted by Crippen LogP contribution is -2.45. The molecule has 6 heteroatoms. The zero-order chi connectivity index (χ0) is 14.7. The van der Waals surface area contributed by atoms with Gasteiger partial charge in [-0.3, -0.25) is 0 Å². The first-order chi connectivity index (χ1) is 9.54. The summed E-state index contributed by atoms with van der Waals surface area (Å²) in [6.07, 6.45) is 5.10. The minimum absolute atomic E-state index is 0.109. The number of amides is 2. The molecule has 0 aliphatic heterocycles. The molecule has 1 saturated carbocycles. The van der Waals surface area contributed by atoms with Crippen LogP contribution in [0.5, 0.6) is 5.88 Å². The number of carbonyl (C=O) groups is 1. The number of rotatable bonds is 5. The molecule has 2 amide bonds. The highest BCUT2D eigenvalue weighted by atomic mass is 16.5. The minimum Gasteiger partial charge on any atom is -0.479 e. The molecule has 20 heavy (non-hydrogen) atoms. The molecule has 1 aromatic heterocycles. The van der Waals surface area contributed by atoms with Crippen LogP contribution in [0.3, 0.4) is 0 Å². The van der Waals surface area contributed by atoms with Crippen molar-refractivity contribution in [3.05, 3.63) is 12.5 Å². The van der Waals surface area contributed by atoms with E-state index >= 15 is 0 Å². The number of aromatic nitrogens is 2. The van der Waals surface area contributed by atoms with Gasteiger partial charge < -0.3 is 15.0 Å². The second kappa shape index (κ2) is 6.07. The summed E-state index contributed by atoms with van der Waals surface area (Å²) in [5, 5.41) is 2.86. The van der Waals surface area contributed by atoms with Crippen molar-refractivity contribution in [3.8, 4) is 5.88 Å². The molecule has 0 aromatic carbocycles. The largest absolute Gasteiger partial charge is 0.479 e. The third-order valence-electron chi connectivity index (χ3n) is 3.69. The SMILES string of the molecule is COc1ncncc1NC(=O)N(C1CC1)[C@H](C)C(C)C. The fourth-order valence-electron chi connectivity index (χ4n) is 2.10. The summed E-state index contributed by atoms with van der Waals surface area (Å²) in [6, 6.07) is 0.433. The molecule has 2 rings (SSSR count). The van der Waals surface area contributed by atoms with Gasteiger partial charge in [-0.2, -0.15) is 4.98 Å². The van der Waals surface area contributed by atoms with Crippen LogP contribution in [-0.4, -0.2) is 40.1 Å². The van der Waals surface area contributed by atoms with Crippen LogP contribution >= 0.6 is 0 Å². The second-order valence-corrected chi connectivity index (χ2v) is 5.50. The molecule has 1 N–H and O–H groups in total. The van der Waals surface area contributed by atoms with E-state index in [1.165, 1.54) is 13.4 Å². The van der Waals surface area contributed by atoms with Crippen molar-refractivity contribution in [2.24, 2.45) is 5.92 Å². The highest BCUT2D eigenvalue weighted by Crippen LogP contribution is 2.31. The second-order valence-electron chi connectivity index (χ2n) is 5.50. The third-order valence-corrected chi connectivity index (χ3v) is 3.69. The van der Waals surface area contributed by atoms with Gasteiger partial charge in [0.05, 0.1) is 13.3 Å². The van der Waals surface area contributed by atoms with E-state index in [-0.39, 0.29) is 12.1 Å². The van der Waals surface area contributed by atoms with Crippen molar-refractivity contribution in [1.29, 1.82) is 0 Å². The Labute approximate surface area is 119 Å². The van der Waals surface area contributed by atoms with Crippen molar-refractivity contribution in [2.75, 3.05) is 12.4 Å². The van der Waals surface area contributed by atoms with Gasteiger partial charge in [-0.15, -0.1) is 0 Å². The van der Waals surface area contributed by atoms with Crippen LogP contribution in [0.2, 0.25) is 0 Å². The summed E-state index contributed by atoms with van der Waals surface area (Å²) >= 11 is 0. The van der Waals surface area contributed by atoms with Gasteiger partial charge in [-0.1, -0.05) is 13.8 Å². The highest BCUT2D eigenvalue weighted by Gasteiger charge is 2.37. The molecule has 1 heterocycles. The maximum absolute atomic E-state index is 12.5. The first-order valence-electron chi connectivity index (χ1n) is 6.98. The zero-order valence-electron chi connectivity index (χ0n) is 12.5. The van der Waals surface area contributed by atoms with Gasteiger partial charge in [-0.25, -0.2) is 9.78 Å². The van der Waals surface area contributed by atoms with E-state index < -0.39 is 0 Å². The first-order valence-corrected chi connectivity index (χ1v) is 6.98. The number of methoxy groups -OCH3 is 1. The van der Waals surface area contributed by atoms with Crippen molar-refractivity contribution >= 4 is 11.7 Å². The van der Waals surface area contributed by atoms with Gasteiger partial charge in [0.15, 0.2) is 0 Å². The molecule has 0 spiro atoms. The van der Waals surface area contributed by atoms with Crippen LogP contribution in [-0.2, 0) is 0 Å². The topological polar surface area (TPSA) is 67.4 Å². The smallest absolute Gasteiger partial charge is 0.322 e. The van der Waals surface area contributed by atoms with Gasteiger partial charge in [0.25, 0.3) is 0 Å². The first kappa shape index (κ1) is 14.6. The molecule has 1 aliphatic rings. The minimum atomic E-state index is -0.109. The molecule has 6 nitrogen and oxygen atoms in total. The average Bonchev–Trinajstić information content (AvgIpc) is 3.24. The summed E-state index contributed by atoms with van der Waals surface area (Å²) in [6.45, 7) is 6.33. The summed E-state index contributed by atoms with van der Waals surface area (Å²) in [4.78, 5) is 22.3. The van der Waals surface area contributed by atoms with Crippen molar-refractivity contribution in [3.63, 3.8) is 0 Å². The van der Waals surface area contributed by atoms with Gasteiger partial charge in [-0.05, 0) is 25.7 Å². The summed E-state index contributed by atoms with van der Waals surface area (Å²) in [5.74, 6) is 0.788. The predicted octanol–water partition coefficient (Wildman–Crippen LogP) is 2.53. The molecule has 1 fully saturated rings. The van der Waals surface area contributed by atoms with Gasteiger partial charge in [0.2, 0.25) is 5.88 Å². The molecule has 110 valence electrons. The molecule has 1 atom stereocenters. The molecular weight excluding hydrogens is 256 g/mol. The van der Waals surface area contributed by atoms with Gasteiger partial charge in [0.1, 0.15) is 12.0 Å². The van der Waals surface area contributed by atoms with Crippen LogP contribution in [0.25, 0.3) is 0 Å². The number of hydrogen-bond donors (Lipinski definition) is 1. The zero-order valence-corrected chi connectivity index (χ0v) is 12.5. The van der Waals surface area contributed by atoms with E-state index in [9.17, 15) is 4.79 Å². The van der Waals surface area contributed by atoms with Crippen LogP contribution < -0.4 is 10.1 Å². The summed E-state index contributed by atoms with van der Waals surface area (Å²) in [7, 11) is 1.52. The Morgan fingerprint density at radius 2 is 2.15 bits per heavy atom. The van der Waals surface area contributed by atoms with Gasteiger partial charge in [0, 0.05) is 12.1 Å². The predicted molar refractivity (Wildman–Crippen MR) is 76.8 cm³/mol. The number of nitrogens with one attached hydrogen (secondary N) is 1. The van der Waals surface area contributed by atoms with E-state index in [1.807, 2.05) is 4.90 Å². The third kappa shape index (κ3) is 3.18. The fraction of sp³-hybridized carbons (Fsp3) is 0.643. The number of nitrogens with zero attached hydrogens (tertiary/aromatic N) is 3. The van der Waals surface area contributed by atoms with Crippen molar-refractivity contribution in [1.82, 2.24) is 14.9 Å².